The normalized spacial score (nSPS) is 10.6. The lowest BCUT2D eigenvalue weighted by Crippen LogP contribution is -2.04. The van der Waals surface area contributed by atoms with Gasteiger partial charge >= 0.3 is 5.97 Å². The summed E-state index contributed by atoms with van der Waals surface area (Å²) in [6.07, 6.45) is 0.614. The van der Waals surface area contributed by atoms with Crippen LogP contribution in [0.3, 0.4) is 0 Å². The van der Waals surface area contributed by atoms with Crippen LogP contribution in [-0.4, -0.2) is 28.5 Å². The highest BCUT2D eigenvalue weighted by atomic mass is 35.5. The van der Waals surface area contributed by atoms with Crippen LogP contribution in [0.4, 0.5) is 4.39 Å². The third-order valence-electron chi connectivity index (χ3n) is 2.49. The topological polar surface area (TPSA) is 59.4 Å². The number of carboxylic acid groups (broad SMARTS) is 1. The minimum absolute atomic E-state index is 0.139. The second-order valence-electron chi connectivity index (χ2n) is 3.86. The number of hydrogen-bond acceptors (Lipinski definition) is 3. The van der Waals surface area contributed by atoms with Crippen LogP contribution in [0.2, 0.25) is 0 Å². The van der Waals surface area contributed by atoms with Crippen molar-refractivity contribution in [2.24, 2.45) is 0 Å². The fourth-order valence-corrected chi connectivity index (χ4v) is 1.74. The summed E-state index contributed by atoms with van der Waals surface area (Å²) in [6, 6.07) is 5.21. The Bertz CT molecular complexity index is 618. The van der Waals surface area contributed by atoms with E-state index in [0.717, 1.165) is 0 Å². The molecule has 0 atom stereocenters. The Morgan fingerprint density at radius 1 is 1.42 bits per heavy atom. The first-order valence-corrected chi connectivity index (χ1v) is 6.17. The number of alkyl halides is 1. The van der Waals surface area contributed by atoms with Crippen molar-refractivity contribution in [2.45, 2.75) is 6.42 Å². The summed E-state index contributed by atoms with van der Waals surface area (Å²) >= 11 is 5.55. The lowest BCUT2D eigenvalue weighted by atomic mass is 10.1. The number of rotatable bonds is 5. The average molecular weight is 284 g/mol. The minimum Gasteiger partial charge on any atom is -0.493 e. The molecule has 6 heteroatoms. The van der Waals surface area contributed by atoms with E-state index in [0.29, 0.717) is 35.6 Å². The van der Waals surface area contributed by atoms with Gasteiger partial charge in [-0.3, -0.25) is 0 Å². The van der Waals surface area contributed by atoms with Crippen LogP contribution in [-0.2, 0) is 0 Å². The zero-order valence-corrected chi connectivity index (χ0v) is 10.7. The van der Waals surface area contributed by atoms with Gasteiger partial charge in [0.2, 0.25) is 0 Å². The monoisotopic (exact) mass is 283 g/mol. The molecule has 0 amide bonds. The van der Waals surface area contributed by atoms with Gasteiger partial charge in [-0.15, -0.1) is 11.6 Å². The Balaban J connectivity index is 2.49. The molecule has 0 bridgehead atoms. The first-order valence-electron chi connectivity index (χ1n) is 5.64. The van der Waals surface area contributed by atoms with E-state index in [2.05, 4.69) is 4.98 Å². The average Bonchev–Trinajstić information content (AvgIpc) is 2.39. The maximum atomic E-state index is 13.2. The fourth-order valence-electron chi connectivity index (χ4n) is 1.63. The first kappa shape index (κ1) is 13.5. The number of aromatic carboxylic acids is 1. The molecule has 2 aromatic rings. The molecule has 0 aliphatic carbocycles. The molecular weight excluding hydrogens is 273 g/mol. The molecular formula is C13H11ClFNO3. The predicted octanol–water partition coefficient (Wildman–Crippen LogP) is 3.08. The van der Waals surface area contributed by atoms with Crippen molar-refractivity contribution < 1.29 is 19.0 Å². The maximum absolute atomic E-state index is 13.2. The summed E-state index contributed by atoms with van der Waals surface area (Å²) in [5.41, 5.74) is 0.238. The molecule has 0 aliphatic heterocycles. The van der Waals surface area contributed by atoms with Crippen molar-refractivity contribution in [3.8, 4) is 5.75 Å². The molecule has 0 unspecified atom stereocenters. The molecule has 0 saturated carbocycles. The van der Waals surface area contributed by atoms with E-state index in [9.17, 15) is 9.18 Å². The van der Waals surface area contributed by atoms with Gasteiger partial charge in [0.1, 0.15) is 11.6 Å². The van der Waals surface area contributed by atoms with Crippen LogP contribution >= 0.6 is 11.6 Å². The van der Waals surface area contributed by atoms with Crippen LogP contribution < -0.4 is 4.74 Å². The number of carboxylic acids is 1. The van der Waals surface area contributed by atoms with E-state index in [4.69, 9.17) is 21.4 Å². The number of halogens is 2. The lowest BCUT2D eigenvalue weighted by molar-refractivity contribution is 0.0690. The molecule has 0 aliphatic rings. The van der Waals surface area contributed by atoms with Crippen LogP contribution in [0.25, 0.3) is 10.9 Å². The largest absolute Gasteiger partial charge is 0.493 e. The van der Waals surface area contributed by atoms with Gasteiger partial charge in [0.05, 0.1) is 12.1 Å². The van der Waals surface area contributed by atoms with Gasteiger partial charge in [0, 0.05) is 17.3 Å². The third kappa shape index (κ3) is 3.12. The van der Waals surface area contributed by atoms with Crippen molar-refractivity contribution in [3.05, 3.63) is 35.8 Å². The molecule has 1 aromatic carbocycles. The van der Waals surface area contributed by atoms with E-state index in [1.165, 1.54) is 24.3 Å². The van der Waals surface area contributed by atoms with E-state index in [1.54, 1.807) is 0 Å². The Labute approximate surface area is 113 Å². The number of pyridine rings is 1. The smallest absolute Gasteiger partial charge is 0.354 e. The first-order chi connectivity index (χ1) is 9.11. The molecule has 0 saturated heterocycles. The number of nitrogens with zero attached hydrogens (tertiary/aromatic N) is 1. The van der Waals surface area contributed by atoms with Gasteiger partial charge in [-0.2, -0.15) is 0 Å². The highest BCUT2D eigenvalue weighted by Gasteiger charge is 2.12. The summed E-state index contributed by atoms with van der Waals surface area (Å²) in [7, 11) is 0. The molecule has 0 fully saturated rings. The summed E-state index contributed by atoms with van der Waals surface area (Å²) in [5, 5.41) is 9.43. The number of benzene rings is 1. The van der Waals surface area contributed by atoms with Gasteiger partial charge in [0.15, 0.2) is 5.69 Å². The molecule has 19 heavy (non-hydrogen) atoms. The van der Waals surface area contributed by atoms with Gasteiger partial charge in [-0.25, -0.2) is 14.2 Å². The molecule has 1 heterocycles. The summed E-state index contributed by atoms with van der Waals surface area (Å²) in [6.45, 7) is 0.332. The standard InChI is InChI=1S/C13H11ClFNO3/c14-4-1-5-19-12-7-11(13(17)18)16-10-3-2-8(15)6-9(10)12/h2-3,6-7H,1,4-5H2,(H,17,18). The SMILES string of the molecule is O=C(O)c1cc(OCCCCl)c2cc(F)ccc2n1. The number of carbonyl (C=O) groups is 1. The van der Waals surface area contributed by atoms with Gasteiger partial charge in [-0.1, -0.05) is 0 Å². The van der Waals surface area contributed by atoms with E-state index in [1.807, 2.05) is 0 Å². The summed E-state index contributed by atoms with van der Waals surface area (Å²) in [4.78, 5) is 14.9. The van der Waals surface area contributed by atoms with Crippen LogP contribution in [0.15, 0.2) is 24.3 Å². The van der Waals surface area contributed by atoms with Crippen LogP contribution in [0, 0.1) is 5.82 Å². The maximum Gasteiger partial charge on any atom is 0.354 e. The zero-order chi connectivity index (χ0) is 13.8. The number of fused-ring (bicyclic) bond motifs is 1. The van der Waals surface area contributed by atoms with Crippen LogP contribution in [0.1, 0.15) is 16.9 Å². The Hall–Kier alpha value is -1.88. The molecule has 100 valence electrons. The van der Waals surface area contributed by atoms with Crippen molar-refractivity contribution in [3.63, 3.8) is 0 Å². The lowest BCUT2D eigenvalue weighted by Gasteiger charge is -2.09. The van der Waals surface area contributed by atoms with Crippen LogP contribution in [0.5, 0.6) is 5.75 Å². The Morgan fingerprint density at radius 2 is 2.21 bits per heavy atom. The molecule has 0 spiro atoms. The number of aromatic nitrogens is 1. The van der Waals surface area contributed by atoms with Crippen molar-refractivity contribution in [1.82, 2.24) is 4.98 Å². The summed E-state index contributed by atoms with van der Waals surface area (Å²) < 4.78 is 18.7. The van der Waals surface area contributed by atoms with Crippen molar-refractivity contribution in [2.75, 3.05) is 12.5 Å². The van der Waals surface area contributed by atoms with E-state index < -0.39 is 11.8 Å². The van der Waals surface area contributed by atoms with Crippen molar-refractivity contribution in [1.29, 1.82) is 0 Å². The minimum atomic E-state index is -1.16. The number of hydrogen-bond donors (Lipinski definition) is 1. The second kappa shape index (κ2) is 5.84. The molecule has 0 radical (unpaired) electrons. The van der Waals surface area contributed by atoms with E-state index in [-0.39, 0.29) is 5.69 Å². The fraction of sp³-hybridized carbons (Fsp3) is 0.231. The van der Waals surface area contributed by atoms with Crippen molar-refractivity contribution >= 4 is 28.5 Å². The number of ether oxygens (including phenoxy) is 1. The highest BCUT2D eigenvalue weighted by molar-refractivity contribution is 6.17. The molecule has 2 rings (SSSR count). The second-order valence-corrected chi connectivity index (χ2v) is 4.24. The molecule has 1 N–H and O–H groups in total. The van der Waals surface area contributed by atoms with Gasteiger partial charge < -0.3 is 9.84 Å². The predicted molar refractivity (Wildman–Crippen MR) is 69.5 cm³/mol. The molecule has 1 aromatic heterocycles. The summed E-state index contributed by atoms with van der Waals surface area (Å²) in [5.74, 6) is -0.858. The highest BCUT2D eigenvalue weighted by Crippen LogP contribution is 2.26. The van der Waals surface area contributed by atoms with E-state index >= 15 is 0 Å². The molecule has 4 nitrogen and oxygen atoms in total. The van der Waals surface area contributed by atoms with Gasteiger partial charge in [0.25, 0.3) is 0 Å². The zero-order valence-electron chi connectivity index (χ0n) is 9.90. The Kier molecular flexibility index (Phi) is 4.16. The Morgan fingerprint density at radius 3 is 2.89 bits per heavy atom. The quantitative estimate of drug-likeness (QED) is 0.677. The van der Waals surface area contributed by atoms with Gasteiger partial charge in [-0.05, 0) is 24.6 Å². The third-order valence-corrected chi connectivity index (χ3v) is 2.75.